The number of hydrogen-bond donors (Lipinski definition) is 1. The highest BCUT2D eigenvalue weighted by atomic mass is 16.5. The average Bonchev–Trinajstić information content (AvgIpc) is 2.13. The van der Waals surface area contributed by atoms with Crippen LogP contribution in [0.25, 0.3) is 11.0 Å². The van der Waals surface area contributed by atoms with Crippen LogP contribution in [0.1, 0.15) is 12.5 Å². The lowest BCUT2D eigenvalue weighted by Gasteiger charge is -2.06. The summed E-state index contributed by atoms with van der Waals surface area (Å²) in [7, 11) is 0. The van der Waals surface area contributed by atoms with Crippen molar-refractivity contribution in [1.29, 1.82) is 0 Å². The van der Waals surface area contributed by atoms with Crippen molar-refractivity contribution >= 4 is 16.9 Å². The van der Waals surface area contributed by atoms with Gasteiger partial charge in [-0.25, -0.2) is 4.79 Å². The van der Waals surface area contributed by atoms with Crippen molar-refractivity contribution in [2.75, 3.05) is 0 Å². The van der Waals surface area contributed by atoms with Gasteiger partial charge in [0.1, 0.15) is 17.1 Å². The summed E-state index contributed by atoms with van der Waals surface area (Å²) in [4.78, 5) is 22.0. The maximum Gasteiger partial charge on any atom is 0.336 e. The normalized spacial score (nSPS) is 10.5. The third-order valence-corrected chi connectivity index (χ3v) is 2.26. The first-order valence-electron chi connectivity index (χ1n) is 4.93. The largest absolute Gasteiger partial charge is 0.507 e. The number of benzene rings is 1. The number of phenolic OH excluding ortho intramolecular Hbond substituents is 1. The Hall–Kier alpha value is -2.30. The molecule has 0 aliphatic heterocycles. The quantitative estimate of drug-likeness (QED) is 0.462. The third kappa shape index (κ3) is 2.13. The van der Waals surface area contributed by atoms with E-state index in [0.717, 1.165) is 0 Å². The van der Waals surface area contributed by atoms with Crippen LogP contribution < -0.4 is 10.4 Å². The Balaban J connectivity index is 2.72. The summed E-state index contributed by atoms with van der Waals surface area (Å²) in [6.45, 7) is 2.93. The molecule has 17 heavy (non-hydrogen) atoms. The Kier molecular flexibility index (Phi) is 2.59. The Morgan fingerprint density at radius 3 is 2.71 bits per heavy atom. The number of aromatic hydroxyl groups is 1. The van der Waals surface area contributed by atoms with E-state index in [1.807, 2.05) is 0 Å². The number of carbonyl (C=O) groups is 1. The molecule has 0 amide bonds. The fourth-order valence-corrected chi connectivity index (χ4v) is 1.66. The van der Waals surface area contributed by atoms with Gasteiger partial charge in [0, 0.05) is 25.1 Å². The molecule has 0 saturated carbocycles. The third-order valence-electron chi connectivity index (χ3n) is 2.26. The van der Waals surface area contributed by atoms with E-state index in [4.69, 9.17) is 9.15 Å². The second-order valence-electron chi connectivity index (χ2n) is 3.66. The minimum Gasteiger partial charge on any atom is -0.507 e. The predicted octanol–water partition coefficient (Wildman–Crippen LogP) is 1.73. The van der Waals surface area contributed by atoms with E-state index in [0.29, 0.717) is 10.9 Å². The fourth-order valence-electron chi connectivity index (χ4n) is 1.66. The van der Waals surface area contributed by atoms with Gasteiger partial charge < -0.3 is 14.3 Å². The van der Waals surface area contributed by atoms with E-state index in [1.54, 1.807) is 6.92 Å². The van der Waals surface area contributed by atoms with E-state index < -0.39 is 11.6 Å². The molecule has 0 bridgehead atoms. The molecule has 1 N–H and O–H groups in total. The van der Waals surface area contributed by atoms with Crippen LogP contribution in [0.5, 0.6) is 11.5 Å². The molecule has 0 aliphatic carbocycles. The Morgan fingerprint density at radius 1 is 1.35 bits per heavy atom. The monoisotopic (exact) mass is 234 g/mol. The van der Waals surface area contributed by atoms with Crippen LogP contribution in [-0.4, -0.2) is 11.1 Å². The molecule has 0 aliphatic rings. The molecule has 1 aromatic carbocycles. The van der Waals surface area contributed by atoms with Crippen LogP contribution in [0, 0.1) is 6.92 Å². The number of rotatable bonds is 1. The lowest BCUT2D eigenvalue weighted by atomic mass is 10.1. The molecule has 5 nitrogen and oxygen atoms in total. The van der Waals surface area contributed by atoms with Crippen molar-refractivity contribution in [1.82, 2.24) is 0 Å². The van der Waals surface area contributed by atoms with Crippen molar-refractivity contribution in [3.8, 4) is 11.5 Å². The summed E-state index contributed by atoms with van der Waals surface area (Å²) in [5.41, 5.74) is 0.267. The minimum absolute atomic E-state index is 0.0972. The molecule has 0 atom stereocenters. The maximum absolute atomic E-state index is 11.2. The maximum atomic E-state index is 11.2. The molecule has 1 aromatic heterocycles. The molecule has 1 heterocycles. The predicted molar refractivity (Wildman–Crippen MR) is 60.2 cm³/mol. The number of fused-ring (bicyclic) bond motifs is 1. The Morgan fingerprint density at radius 2 is 2.06 bits per heavy atom. The summed E-state index contributed by atoms with van der Waals surface area (Å²) >= 11 is 0. The molecule has 0 spiro atoms. The van der Waals surface area contributed by atoms with Gasteiger partial charge in [0.25, 0.3) is 0 Å². The van der Waals surface area contributed by atoms with Crippen molar-refractivity contribution < 1.29 is 19.1 Å². The van der Waals surface area contributed by atoms with Crippen molar-refractivity contribution in [3.05, 3.63) is 34.2 Å². The van der Waals surface area contributed by atoms with Crippen LogP contribution in [0.4, 0.5) is 0 Å². The minimum atomic E-state index is -0.519. The highest BCUT2D eigenvalue weighted by Crippen LogP contribution is 2.31. The molecule has 88 valence electrons. The second-order valence-corrected chi connectivity index (χ2v) is 3.66. The molecule has 0 saturated heterocycles. The van der Waals surface area contributed by atoms with Gasteiger partial charge in [0.15, 0.2) is 0 Å². The molecule has 0 radical (unpaired) electrons. The van der Waals surface area contributed by atoms with Gasteiger partial charge in [-0.05, 0) is 12.5 Å². The Labute approximate surface area is 96.2 Å². The Bertz CT molecular complexity index is 654. The van der Waals surface area contributed by atoms with E-state index in [2.05, 4.69) is 0 Å². The zero-order valence-corrected chi connectivity index (χ0v) is 9.31. The smallest absolute Gasteiger partial charge is 0.336 e. The van der Waals surface area contributed by atoms with E-state index in [1.165, 1.54) is 25.1 Å². The lowest BCUT2D eigenvalue weighted by molar-refractivity contribution is -0.131. The van der Waals surface area contributed by atoms with Crippen molar-refractivity contribution in [3.63, 3.8) is 0 Å². The van der Waals surface area contributed by atoms with Crippen LogP contribution in [0.3, 0.4) is 0 Å². The first kappa shape index (κ1) is 11.2. The van der Waals surface area contributed by atoms with Gasteiger partial charge in [-0.15, -0.1) is 0 Å². The first-order valence-corrected chi connectivity index (χ1v) is 4.93. The van der Waals surface area contributed by atoms with Crippen LogP contribution >= 0.6 is 0 Å². The van der Waals surface area contributed by atoms with Gasteiger partial charge in [-0.1, -0.05) is 0 Å². The number of phenols is 1. The number of hydrogen-bond acceptors (Lipinski definition) is 5. The van der Waals surface area contributed by atoms with Gasteiger partial charge >= 0.3 is 11.6 Å². The average molecular weight is 234 g/mol. The standard InChI is InChI=1S/C12H10O5/c1-6-3-11(15)17-10-5-8(16-7(2)13)4-9(14)12(6)10/h3-5,14H,1-2H3. The number of esters is 1. The van der Waals surface area contributed by atoms with E-state index >= 15 is 0 Å². The molecular weight excluding hydrogens is 224 g/mol. The van der Waals surface area contributed by atoms with E-state index in [-0.39, 0.29) is 17.1 Å². The summed E-state index contributed by atoms with van der Waals surface area (Å²) < 4.78 is 9.76. The molecule has 0 fully saturated rings. The molecular formula is C12H10O5. The van der Waals surface area contributed by atoms with Crippen molar-refractivity contribution in [2.24, 2.45) is 0 Å². The van der Waals surface area contributed by atoms with Gasteiger partial charge in [-0.3, -0.25) is 4.79 Å². The number of aryl methyl sites for hydroxylation is 1. The SMILES string of the molecule is CC(=O)Oc1cc(O)c2c(C)cc(=O)oc2c1. The molecule has 2 rings (SSSR count). The van der Waals surface area contributed by atoms with Gasteiger partial charge in [-0.2, -0.15) is 0 Å². The first-order chi connectivity index (χ1) is 7.97. The molecule has 0 unspecified atom stereocenters. The topological polar surface area (TPSA) is 76.7 Å². The highest BCUT2D eigenvalue weighted by Gasteiger charge is 2.10. The second kappa shape index (κ2) is 3.93. The molecule has 2 aromatic rings. The fraction of sp³-hybridized carbons (Fsp3) is 0.167. The lowest BCUT2D eigenvalue weighted by Crippen LogP contribution is -2.02. The summed E-state index contributed by atoms with van der Waals surface area (Å²) in [5.74, 6) is -0.477. The van der Waals surface area contributed by atoms with Crippen molar-refractivity contribution in [2.45, 2.75) is 13.8 Å². The summed E-state index contributed by atoms with van der Waals surface area (Å²) in [6, 6.07) is 3.98. The van der Waals surface area contributed by atoms with E-state index in [9.17, 15) is 14.7 Å². The molecule has 5 heteroatoms. The van der Waals surface area contributed by atoms with Crippen LogP contribution in [-0.2, 0) is 4.79 Å². The van der Waals surface area contributed by atoms with Crippen LogP contribution in [0.2, 0.25) is 0 Å². The summed E-state index contributed by atoms with van der Waals surface area (Å²) in [5, 5.41) is 10.2. The summed E-state index contributed by atoms with van der Waals surface area (Å²) in [6.07, 6.45) is 0. The van der Waals surface area contributed by atoms with Crippen LogP contribution in [0.15, 0.2) is 27.4 Å². The number of carbonyl (C=O) groups excluding carboxylic acids is 1. The zero-order valence-electron chi connectivity index (χ0n) is 9.31. The van der Waals surface area contributed by atoms with Gasteiger partial charge in [0.05, 0.1) is 5.39 Å². The van der Waals surface area contributed by atoms with Gasteiger partial charge in [0.2, 0.25) is 0 Å². The zero-order chi connectivity index (χ0) is 12.6. The number of ether oxygens (including phenoxy) is 1. The highest BCUT2D eigenvalue weighted by molar-refractivity contribution is 5.88.